The first-order valence-corrected chi connectivity index (χ1v) is 12.4. The molecule has 0 saturated carbocycles. The minimum Gasteiger partial charge on any atom is -0.394 e. The average Bonchev–Trinajstić information content (AvgIpc) is 3.54. The minimum atomic E-state index is 0.0146. The zero-order valence-corrected chi connectivity index (χ0v) is 20.8. The molecule has 4 heterocycles. The van der Waals surface area contributed by atoms with Crippen molar-refractivity contribution in [1.82, 2.24) is 24.9 Å². The Morgan fingerprint density at radius 1 is 1.05 bits per heavy atom. The monoisotopic (exact) mass is 496 g/mol. The van der Waals surface area contributed by atoms with Crippen molar-refractivity contribution in [2.75, 3.05) is 31.3 Å². The van der Waals surface area contributed by atoms with Gasteiger partial charge in [-0.1, -0.05) is 41.6 Å². The first-order chi connectivity index (χ1) is 18.1. The number of anilines is 1. The maximum Gasteiger partial charge on any atom is 0.165 e. The van der Waals surface area contributed by atoms with E-state index in [-0.39, 0.29) is 12.6 Å². The van der Waals surface area contributed by atoms with Crippen molar-refractivity contribution in [1.29, 1.82) is 0 Å². The van der Waals surface area contributed by atoms with Crippen LogP contribution in [0, 0.1) is 13.8 Å². The number of fused-ring (bicyclic) bond motifs is 1. The van der Waals surface area contributed by atoms with Crippen molar-refractivity contribution in [3.05, 3.63) is 77.9 Å². The highest BCUT2D eigenvalue weighted by molar-refractivity contribution is 5.95. The van der Waals surface area contributed by atoms with Crippen LogP contribution in [0.5, 0.6) is 0 Å². The van der Waals surface area contributed by atoms with Crippen molar-refractivity contribution in [2.45, 2.75) is 26.4 Å². The van der Waals surface area contributed by atoms with Crippen LogP contribution in [0.4, 0.5) is 5.82 Å². The number of hydrogen-bond acceptors (Lipinski definition) is 8. The van der Waals surface area contributed by atoms with Gasteiger partial charge in [0.25, 0.3) is 0 Å². The van der Waals surface area contributed by atoms with Gasteiger partial charge in [-0.2, -0.15) is 5.10 Å². The zero-order valence-electron chi connectivity index (χ0n) is 20.8. The van der Waals surface area contributed by atoms with Crippen LogP contribution in [0.15, 0.2) is 65.4 Å². The lowest BCUT2D eigenvalue weighted by Gasteiger charge is -2.37. The molecule has 188 valence electrons. The Bertz CT molecular complexity index is 1530. The fourth-order valence-electron chi connectivity index (χ4n) is 5.02. The second-order valence-corrected chi connectivity index (χ2v) is 9.21. The lowest BCUT2D eigenvalue weighted by molar-refractivity contribution is 0.0939. The Kier molecular flexibility index (Phi) is 6.15. The molecule has 1 unspecified atom stereocenters. The van der Waals surface area contributed by atoms with E-state index in [1.807, 2.05) is 32.2 Å². The van der Waals surface area contributed by atoms with Gasteiger partial charge in [0.2, 0.25) is 0 Å². The molecule has 1 atom stereocenters. The largest absolute Gasteiger partial charge is 0.394 e. The molecule has 37 heavy (non-hydrogen) atoms. The molecule has 6 rings (SSSR count). The van der Waals surface area contributed by atoms with Crippen LogP contribution in [-0.4, -0.2) is 56.4 Å². The summed E-state index contributed by atoms with van der Waals surface area (Å²) in [7, 11) is 0. The fourth-order valence-corrected chi connectivity index (χ4v) is 5.02. The first kappa shape index (κ1) is 23.3. The number of ether oxygens (including phenoxy) is 1. The predicted molar refractivity (Wildman–Crippen MR) is 140 cm³/mol. The van der Waals surface area contributed by atoms with E-state index in [0.717, 1.165) is 44.9 Å². The summed E-state index contributed by atoms with van der Waals surface area (Å²) in [6.45, 7) is 6.20. The number of morpholine rings is 1. The topological polar surface area (TPSA) is 102 Å². The third-order valence-corrected chi connectivity index (χ3v) is 6.80. The maximum absolute atomic E-state index is 9.31. The molecule has 0 spiro atoms. The number of aliphatic hydroxyl groups is 1. The number of aliphatic hydroxyl groups excluding tert-OH is 1. The van der Waals surface area contributed by atoms with Gasteiger partial charge in [0, 0.05) is 23.7 Å². The minimum absolute atomic E-state index is 0.0146. The maximum atomic E-state index is 9.31. The van der Waals surface area contributed by atoms with Crippen LogP contribution < -0.4 is 4.90 Å². The standard InChI is InChI=1S/C28H28N6O3/c1-18-26(19(2)37-32-18)21-8-9-24-23(14-21)28(31-27(30-24)22-15-29-33(16-22)10-12-35)34-11-13-36-17-25(34)20-6-4-3-5-7-20/h3-9,14-16,25,35H,10-13,17H2,1-2H3. The Morgan fingerprint density at radius 3 is 2.70 bits per heavy atom. The molecule has 9 heteroatoms. The van der Waals surface area contributed by atoms with Crippen LogP contribution in [0.1, 0.15) is 23.1 Å². The first-order valence-electron chi connectivity index (χ1n) is 12.4. The highest BCUT2D eigenvalue weighted by atomic mass is 16.5. The Labute approximate surface area is 214 Å². The number of nitrogens with zero attached hydrogens (tertiary/aromatic N) is 6. The molecule has 1 aliphatic heterocycles. The quantitative estimate of drug-likeness (QED) is 0.371. The molecule has 0 radical (unpaired) electrons. The molecule has 0 bridgehead atoms. The summed E-state index contributed by atoms with van der Waals surface area (Å²) in [5, 5.41) is 18.8. The zero-order chi connectivity index (χ0) is 25.4. The van der Waals surface area contributed by atoms with Crippen molar-refractivity contribution in [3.8, 4) is 22.5 Å². The number of benzene rings is 2. The molecule has 1 N–H and O–H groups in total. The summed E-state index contributed by atoms with van der Waals surface area (Å²) in [6.07, 6.45) is 3.61. The summed E-state index contributed by atoms with van der Waals surface area (Å²) >= 11 is 0. The number of rotatable bonds is 6. The lowest BCUT2D eigenvalue weighted by Crippen LogP contribution is -2.40. The van der Waals surface area contributed by atoms with E-state index in [0.29, 0.717) is 32.1 Å². The molecule has 1 aliphatic rings. The van der Waals surface area contributed by atoms with E-state index in [1.165, 1.54) is 5.56 Å². The molecule has 3 aromatic heterocycles. The van der Waals surface area contributed by atoms with E-state index in [9.17, 15) is 5.11 Å². The van der Waals surface area contributed by atoms with Gasteiger partial charge in [0.15, 0.2) is 5.82 Å². The van der Waals surface area contributed by atoms with E-state index in [4.69, 9.17) is 19.2 Å². The summed E-state index contributed by atoms with van der Waals surface area (Å²) in [6, 6.07) is 16.6. The average molecular weight is 497 g/mol. The van der Waals surface area contributed by atoms with E-state index in [2.05, 4.69) is 51.6 Å². The second kappa shape index (κ2) is 9.76. The summed E-state index contributed by atoms with van der Waals surface area (Å²) < 4.78 is 13.1. The predicted octanol–water partition coefficient (Wildman–Crippen LogP) is 4.34. The molecule has 0 amide bonds. The molecule has 1 saturated heterocycles. The van der Waals surface area contributed by atoms with Gasteiger partial charge in [0.05, 0.1) is 55.4 Å². The Hall–Kier alpha value is -4.08. The highest BCUT2D eigenvalue weighted by Gasteiger charge is 2.28. The molecule has 2 aromatic carbocycles. The van der Waals surface area contributed by atoms with Gasteiger partial charge in [-0.25, -0.2) is 9.97 Å². The normalized spacial score (nSPS) is 16.0. The van der Waals surface area contributed by atoms with Crippen LogP contribution in [0.25, 0.3) is 33.4 Å². The molecule has 9 nitrogen and oxygen atoms in total. The van der Waals surface area contributed by atoms with E-state index < -0.39 is 0 Å². The summed E-state index contributed by atoms with van der Waals surface area (Å²) in [5.74, 6) is 2.22. The summed E-state index contributed by atoms with van der Waals surface area (Å²) in [4.78, 5) is 12.4. The Morgan fingerprint density at radius 2 is 1.92 bits per heavy atom. The number of hydrogen-bond donors (Lipinski definition) is 1. The van der Waals surface area contributed by atoms with Crippen LogP contribution in [0.3, 0.4) is 0 Å². The van der Waals surface area contributed by atoms with Crippen molar-refractivity contribution in [2.24, 2.45) is 0 Å². The van der Waals surface area contributed by atoms with Gasteiger partial charge < -0.3 is 19.3 Å². The SMILES string of the molecule is Cc1noc(C)c1-c1ccc2nc(-c3cnn(CCO)c3)nc(N3CCOCC3c3ccccc3)c2c1. The van der Waals surface area contributed by atoms with Crippen LogP contribution >= 0.6 is 0 Å². The smallest absolute Gasteiger partial charge is 0.165 e. The number of aryl methyl sites for hydroxylation is 2. The highest BCUT2D eigenvalue weighted by Crippen LogP contribution is 2.37. The van der Waals surface area contributed by atoms with Gasteiger partial charge in [-0.15, -0.1) is 0 Å². The van der Waals surface area contributed by atoms with Crippen molar-refractivity contribution >= 4 is 16.7 Å². The van der Waals surface area contributed by atoms with Crippen LogP contribution in [0.2, 0.25) is 0 Å². The molecule has 0 aliphatic carbocycles. The molecular formula is C28H28N6O3. The van der Waals surface area contributed by atoms with Crippen LogP contribution in [-0.2, 0) is 11.3 Å². The Balaban J connectivity index is 1.54. The van der Waals surface area contributed by atoms with Crippen molar-refractivity contribution in [3.63, 3.8) is 0 Å². The van der Waals surface area contributed by atoms with E-state index >= 15 is 0 Å². The van der Waals surface area contributed by atoms with Gasteiger partial charge in [-0.05, 0) is 37.1 Å². The van der Waals surface area contributed by atoms with Gasteiger partial charge in [0.1, 0.15) is 11.6 Å². The molecule has 5 aromatic rings. The number of aromatic nitrogens is 5. The molecule has 1 fully saturated rings. The summed E-state index contributed by atoms with van der Waals surface area (Å²) in [5.41, 5.74) is 5.67. The van der Waals surface area contributed by atoms with Crippen molar-refractivity contribution < 1.29 is 14.4 Å². The second-order valence-electron chi connectivity index (χ2n) is 9.21. The molecular weight excluding hydrogens is 468 g/mol. The lowest BCUT2D eigenvalue weighted by atomic mass is 10.0. The fraction of sp³-hybridized carbons (Fsp3) is 0.286. The van der Waals surface area contributed by atoms with E-state index in [1.54, 1.807) is 10.9 Å². The van der Waals surface area contributed by atoms with Gasteiger partial charge in [-0.3, -0.25) is 4.68 Å². The van der Waals surface area contributed by atoms with Gasteiger partial charge >= 0.3 is 0 Å². The third-order valence-electron chi connectivity index (χ3n) is 6.80. The third kappa shape index (κ3) is 4.36.